The van der Waals surface area contributed by atoms with Crippen LogP contribution < -0.4 is 10.2 Å². The summed E-state index contributed by atoms with van der Waals surface area (Å²) in [6, 6.07) is 11.9. The molecule has 3 rings (SSSR count). The summed E-state index contributed by atoms with van der Waals surface area (Å²) in [5.41, 5.74) is 3.05. The number of hydrogen-bond acceptors (Lipinski definition) is 5. The summed E-state index contributed by atoms with van der Waals surface area (Å²) in [6.07, 6.45) is 0.719. The molecule has 0 unspecified atom stereocenters. The van der Waals surface area contributed by atoms with Crippen LogP contribution in [0.15, 0.2) is 53.2 Å². The van der Waals surface area contributed by atoms with Crippen LogP contribution in [0.5, 0.6) is 0 Å². The lowest BCUT2D eigenvalue weighted by atomic mass is 10.1. The quantitative estimate of drug-likeness (QED) is 0.565. The minimum atomic E-state index is -0.593. The van der Waals surface area contributed by atoms with E-state index in [0.717, 1.165) is 22.4 Å². The van der Waals surface area contributed by atoms with Crippen LogP contribution >= 0.6 is 11.6 Å². The first-order valence-electron chi connectivity index (χ1n) is 9.23. The summed E-state index contributed by atoms with van der Waals surface area (Å²) in [4.78, 5) is 38.7. The molecule has 2 aromatic carbocycles. The maximum atomic E-state index is 12.9. The van der Waals surface area contributed by atoms with E-state index in [9.17, 15) is 14.4 Å². The Kier molecular flexibility index (Phi) is 6.03. The van der Waals surface area contributed by atoms with Gasteiger partial charge in [0.1, 0.15) is 10.7 Å². The molecule has 0 aromatic heterocycles. The van der Waals surface area contributed by atoms with E-state index < -0.39 is 17.8 Å². The van der Waals surface area contributed by atoms with Gasteiger partial charge < -0.3 is 10.1 Å². The fourth-order valence-corrected chi connectivity index (χ4v) is 3.25. The van der Waals surface area contributed by atoms with E-state index >= 15 is 0 Å². The number of aryl methyl sites for hydroxylation is 2. The summed E-state index contributed by atoms with van der Waals surface area (Å²) < 4.78 is 5.13. The van der Waals surface area contributed by atoms with Crippen LogP contribution in [0.1, 0.15) is 34.8 Å². The average Bonchev–Trinajstić information content (AvgIpc) is 2.90. The van der Waals surface area contributed by atoms with Gasteiger partial charge in [-0.2, -0.15) is 0 Å². The van der Waals surface area contributed by atoms with Gasteiger partial charge in [-0.15, -0.1) is 0 Å². The molecule has 0 spiro atoms. The fourth-order valence-electron chi connectivity index (χ4n) is 3.03. The Morgan fingerprint density at radius 1 is 1.10 bits per heavy atom. The van der Waals surface area contributed by atoms with Crippen molar-refractivity contribution in [3.05, 3.63) is 69.9 Å². The number of nitrogens with one attached hydrogen (secondary N) is 1. The third-order valence-electron chi connectivity index (χ3n) is 4.43. The number of carbonyl (C=O) groups is 3. The molecular formula is C22H21ClN2O4. The number of hydrogen-bond donors (Lipinski definition) is 1. The lowest BCUT2D eigenvalue weighted by Crippen LogP contribution is -2.32. The molecule has 0 radical (unpaired) electrons. The SMILES string of the molecule is CCCOC(=O)c1cccc(NC2=C(Cl)C(=O)N(c3ccc(C)cc3C)C2=O)c1. The summed E-state index contributed by atoms with van der Waals surface area (Å²) in [5, 5.41) is 2.68. The van der Waals surface area contributed by atoms with Crippen molar-refractivity contribution in [1.29, 1.82) is 0 Å². The van der Waals surface area contributed by atoms with Gasteiger partial charge in [-0.1, -0.05) is 42.3 Å². The van der Waals surface area contributed by atoms with E-state index in [-0.39, 0.29) is 10.7 Å². The number of halogens is 1. The van der Waals surface area contributed by atoms with Gasteiger partial charge in [-0.25, -0.2) is 9.69 Å². The highest BCUT2D eigenvalue weighted by Crippen LogP contribution is 2.32. The highest BCUT2D eigenvalue weighted by Gasteiger charge is 2.39. The number of anilines is 2. The molecule has 0 saturated carbocycles. The van der Waals surface area contributed by atoms with E-state index in [2.05, 4.69) is 5.32 Å². The number of carbonyl (C=O) groups excluding carboxylic acids is 3. The van der Waals surface area contributed by atoms with Gasteiger partial charge in [-0.3, -0.25) is 9.59 Å². The van der Waals surface area contributed by atoms with Crippen LogP contribution in [-0.2, 0) is 14.3 Å². The molecule has 0 atom stereocenters. The van der Waals surface area contributed by atoms with Crippen LogP contribution in [-0.4, -0.2) is 24.4 Å². The summed E-state index contributed by atoms with van der Waals surface area (Å²) in [6.45, 7) is 5.99. The zero-order valence-electron chi connectivity index (χ0n) is 16.4. The number of imide groups is 1. The van der Waals surface area contributed by atoms with Crippen molar-refractivity contribution in [2.75, 3.05) is 16.8 Å². The smallest absolute Gasteiger partial charge is 0.338 e. The number of amides is 2. The summed E-state index contributed by atoms with van der Waals surface area (Å²) in [7, 11) is 0. The molecule has 2 amide bonds. The minimum absolute atomic E-state index is 0.0317. The van der Waals surface area contributed by atoms with Crippen molar-refractivity contribution < 1.29 is 19.1 Å². The predicted octanol–water partition coefficient (Wildman–Crippen LogP) is 4.31. The third kappa shape index (κ3) is 4.17. The molecule has 0 fully saturated rings. The monoisotopic (exact) mass is 412 g/mol. The van der Waals surface area contributed by atoms with Crippen LogP contribution in [0.4, 0.5) is 11.4 Å². The number of nitrogens with zero attached hydrogens (tertiary/aromatic N) is 1. The molecule has 1 N–H and O–H groups in total. The first kappa shape index (κ1) is 20.6. The maximum absolute atomic E-state index is 12.9. The molecule has 150 valence electrons. The Morgan fingerprint density at radius 2 is 1.86 bits per heavy atom. The summed E-state index contributed by atoms with van der Waals surface area (Å²) >= 11 is 6.19. The van der Waals surface area contributed by atoms with Gasteiger partial charge in [0.2, 0.25) is 0 Å². The first-order chi connectivity index (χ1) is 13.8. The van der Waals surface area contributed by atoms with Crippen molar-refractivity contribution >= 4 is 40.8 Å². The van der Waals surface area contributed by atoms with Gasteiger partial charge in [-0.05, 0) is 50.1 Å². The lowest BCUT2D eigenvalue weighted by Gasteiger charge is -2.18. The van der Waals surface area contributed by atoms with Crippen LogP contribution in [0.2, 0.25) is 0 Å². The highest BCUT2D eigenvalue weighted by atomic mass is 35.5. The Bertz CT molecular complexity index is 1030. The molecule has 1 heterocycles. The molecule has 0 bridgehead atoms. The van der Waals surface area contributed by atoms with Gasteiger partial charge in [0.05, 0.1) is 17.9 Å². The van der Waals surface area contributed by atoms with Crippen LogP contribution in [0, 0.1) is 13.8 Å². The van der Waals surface area contributed by atoms with Gasteiger partial charge in [0.15, 0.2) is 0 Å². The second-order valence-electron chi connectivity index (χ2n) is 6.77. The molecule has 6 nitrogen and oxygen atoms in total. The summed E-state index contributed by atoms with van der Waals surface area (Å²) in [5.74, 6) is -1.60. The molecule has 2 aromatic rings. The van der Waals surface area contributed by atoms with E-state index in [1.54, 1.807) is 30.3 Å². The number of esters is 1. The number of ether oxygens (including phenoxy) is 1. The minimum Gasteiger partial charge on any atom is -0.462 e. The van der Waals surface area contributed by atoms with Crippen molar-refractivity contribution in [3.8, 4) is 0 Å². The van der Waals surface area contributed by atoms with Gasteiger partial charge >= 0.3 is 5.97 Å². The Balaban J connectivity index is 1.86. The zero-order chi connectivity index (χ0) is 21.1. The fraction of sp³-hybridized carbons (Fsp3) is 0.227. The average molecular weight is 413 g/mol. The third-order valence-corrected chi connectivity index (χ3v) is 4.78. The standard InChI is InChI=1S/C22H21ClN2O4/c1-4-10-29-22(28)15-6-5-7-16(12-15)24-19-18(23)20(26)25(21(19)27)17-9-8-13(2)11-14(17)3/h5-9,11-12,24H,4,10H2,1-3H3. The molecule has 1 aliphatic heterocycles. The van der Waals surface area contributed by atoms with E-state index in [4.69, 9.17) is 16.3 Å². The van der Waals surface area contributed by atoms with E-state index in [0.29, 0.717) is 23.5 Å². The molecule has 1 aliphatic rings. The number of rotatable bonds is 6. The normalized spacial score (nSPS) is 13.9. The number of benzene rings is 2. The van der Waals surface area contributed by atoms with Crippen LogP contribution in [0.25, 0.3) is 0 Å². The molecule has 0 aliphatic carbocycles. The molecular weight excluding hydrogens is 392 g/mol. The molecule has 7 heteroatoms. The highest BCUT2D eigenvalue weighted by molar-refractivity contribution is 6.53. The second-order valence-corrected chi connectivity index (χ2v) is 7.14. The topological polar surface area (TPSA) is 75.7 Å². The molecule has 0 saturated heterocycles. The van der Waals surface area contributed by atoms with Crippen molar-refractivity contribution in [2.24, 2.45) is 0 Å². The van der Waals surface area contributed by atoms with Crippen molar-refractivity contribution in [3.63, 3.8) is 0 Å². The first-order valence-corrected chi connectivity index (χ1v) is 9.61. The van der Waals surface area contributed by atoms with E-state index in [1.807, 2.05) is 32.9 Å². The lowest BCUT2D eigenvalue weighted by molar-refractivity contribution is -0.120. The Hall–Kier alpha value is -3.12. The molecule has 29 heavy (non-hydrogen) atoms. The zero-order valence-corrected chi connectivity index (χ0v) is 17.2. The largest absolute Gasteiger partial charge is 0.462 e. The second kappa shape index (κ2) is 8.49. The van der Waals surface area contributed by atoms with Crippen molar-refractivity contribution in [2.45, 2.75) is 27.2 Å². The van der Waals surface area contributed by atoms with Crippen molar-refractivity contribution in [1.82, 2.24) is 0 Å². The van der Waals surface area contributed by atoms with E-state index in [1.165, 1.54) is 0 Å². The Labute approximate surface area is 174 Å². The predicted molar refractivity (Wildman–Crippen MR) is 112 cm³/mol. The Morgan fingerprint density at radius 3 is 2.55 bits per heavy atom. The van der Waals surface area contributed by atoms with Crippen LogP contribution in [0.3, 0.4) is 0 Å². The van der Waals surface area contributed by atoms with Gasteiger partial charge in [0, 0.05) is 5.69 Å². The van der Waals surface area contributed by atoms with Gasteiger partial charge in [0.25, 0.3) is 11.8 Å². The maximum Gasteiger partial charge on any atom is 0.338 e.